The maximum Gasteiger partial charge on any atom is 0.307 e. The standard InChI is InChI=1S/C22H25NO4/c1-16(22(26)27)14-20(23-13-5-8-21(24)25)15-17-9-11-19(12-10-17)18-6-3-2-4-7-18/h2-7,9-13,16,20,23H,8,14-15H2,1H3,(H,24,25)(H,26,27). The Bertz CT molecular complexity index is 769. The number of hydrogen-bond donors (Lipinski definition) is 3. The normalized spacial score (nSPS) is 13.2. The number of carboxylic acid groups (broad SMARTS) is 2. The van der Waals surface area contributed by atoms with Crippen LogP contribution in [-0.2, 0) is 16.0 Å². The number of aliphatic carboxylic acids is 2. The van der Waals surface area contributed by atoms with Crippen LogP contribution in [0.1, 0.15) is 25.3 Å². The second-order valence-electron chi connectivity index (χ2n) is 6.61. The van der Waals surface area contributed by atoms with E-state index >= 15 is 0 Å². The Kier molecular flexibility index (Phi) is 7.62. The van der Waals surface area contributed by atoms with E-state index in [-0.39, 0.29) is 12.5 Å². The molecule has 0 aromatic heterocycles. The first kappa shape index (κ1) is 20.2. The number of benzene rings is 2. The lowest BCUT2D eigenvalue weighted by Gasteiger charge is -2.20. The number of hydrogen-bond acceptors (Lipinski definition) is 3. The monoisotopic (exact) mass is 367 g/mol. The van der Waals surface area contributed by atoms with E-state index in [1.54, 1.807) is 13.1 Å². The zero-order chi connectivity index (χ0) is 19.6. The van der Waals surface area contributed by atoms with Crippen LogP contribution < -0.4 is 5.32 Å². The van der Waals surface area contributed by atoms with Crippen LogP contribution in [0.3, 0.4) is 0 Å². The van der Waals surface area contributed by atoms with Gasteiger partial charge in [-0.2, -0.15) is 0 Å². The van der Waals surface area contributed by atoms with Gasteiger partial charge in [-0.15, -0.1) is 0 Å². The van der Waals surface area contributed by atoms with Crippen molar-refractivity contribution in [3.63, 3.8) is 0 Å². The minimum atomic E-state index is -0.903. The molecule has 2 unspecified atom stereocenters. The van der Waals surface area contributed by atoms with E-state index in [4.69, 9.17) is 5.11 Å². The topological polar surface area (TPSA) is 86.6 Å². The van der Waals surface area contributed by atoms with Gasteiger partial charge in [-0.1, -0.05) is 67.6 Å². The number of carbonyl (C=O) groups is 2. The van der Waals surface area contributed by atoms with Crippen LogP contribution in [0.2, 0.25) is 0 Å². The maximum absolute atomic E-state index is 11.2. The molecule has 0 radical (unpaired) electrons. The fraction of sp³-hybridized carbons (Fsp3) is 0.273. The molecule has 27 heavy (non-hydrogen) atoms. The molecule has 0 spiro atoms. The number of carboxylic acids is 2. The summed E-state index contributed by atoms with van der Waals surface area (Å²) >= 11 is 0. The molecule has 0 saturated carbocycles. The van der Waals surface area contributed by atoms with Gasteiger partial charge in [0.1, 0.15) is 0 Å². The van der Waals surface area contributed by atoms with Crippen LogP contribution in [0.5, 0.6) is 0 Å². The van der Waals surface area contributed by atoms with E-state index in [9.17, 15) is 14.7 Å². The molecular formula is C22H25NO4. The minimum absolute atomic E-state index is 0.0695. The Morgan fingerprint density at radius 2 is 1.63 bits per heavy atom. The quantitative estimate of drug-likeness (QED) is 0.592. The van der Waals surface area contributed by atoms with E-state index in [0.29, 0.717) is 12.8 Å². The van der Waals surface area contributed by atoms with Crippen LogP contribution in [0.4, 0.5) is 0 Å². The highest BCUT2D eigenvalue weighted by atomic mass is 16.4. The van der Waals surface area contributed by atoms with Gasteiger partial charge >= 0.3 is 11.9 Å². The zero-order valence-electron chi connectivity index (χ0n) is 15.3. The second-order valence-corrected chi connectivity index (χ2v) is 6.61. The van der Waals surface area contributed by atoms with Gasteiger partial charge in [-0.25, -0.2) is 0 Å². The summed E-state index contributed by atoms with van der Waals surface area (Å²) in [7, 11) is 0. The predicted octanol–water partition coefficient (Wildman–Crippen LogP) is 3.95. The molecule has 5 heteroatoms. The van der Waals surface area contributed by atoms with Crippen molar-refractivity contribution >= 4 is 11.9 Å². The molecule has 0 amide bonds. The van der Waals surface area contributed by atoms with Crippen LogP contribution in [0.15, 0.2) is 66.9 Å². The fourth-order valence-electron chi connectivity index (χ4n) is 2.85. The van der Waals surface area contributed by atoms with E-state index in [1.807, 2.05) is 30.3 Å². The molecule has 2 aromatic rings. The summed E-state index contributed by atoms with van der Waals surface area (Å²) in [5.74, 6) is -2.23. The van der Waals surface area contributed by atoms with Crippen LogP contribution in [0.25, 0.3) is 11.1 Å². The van der Waals surface area contributed by atoms with E-state index in [2.05, 4.69) is 29.6 Å². The summed E-state index contributed by atoms with van der Waals surface area (Å²) in [6.45, 7) is 1.68. The molecular weight excluding hydrogens is 342 g/mol. The van der Waals surface area contributed by atoms with Gasteiger partial charge in [0.05, 0.1) is 12.3 Å². The van der Waals surface area contributed by atoms with Crippen LogP contribution in [0, 0.1) is 5.92 Å². The first-order valence-electron chi connectivity index (χ1n) is 8.95. The predicted molar refractivity (Wildman–Crippen MR) is 105 cm³/mol. The molecule has 0 aliphatic rings. The van der Waals surface area contributed by atoms with Crippen molar-refractivity contribution in [3.05, 3.63) is 72.4 Å². The highest BCUT2D eigenvalue weighted by Crippen LogP contribution is 2.20. The summed E-state index contributed by atoms with van der Waals surface area (Å²) in [5, 5.41) is 21.0. The Morgan fingerprint density at radius 1 is 1.00 bits per heavy atom. The minimum Gasteiger partial charge on any atom is -0.481 e. The van der Waals surface area contributed by atoms with Gasteiger partial charge in [-0.05, 0) is 35.7 Å². The first-order chi connectivity index (χ1) is 13.0. The largest absolute Gasteiger partial charge is 0.481 e. The molecule has 3 N–H and O–H groups in total. The lowest BCUT2D eigenvalue weighted by Crippen LogP contribution is -2.31. The van der Waals surface area contributed by atoms with E-state index < -0.39 is 17.9 Å². The van der Waals surface area contributed by atoms with Gasteiger partial charge in [0, 0.05) is 6.04 Å². The molecule has 0 fully saturated rings. The molecule has 0 aliphatic heterocycles. The maximum atomic E-state index is 11.2. The van der Waals surface area contributed by atoms with Gasteiger partial charge < -0.3 is 15.5 Å². The lowest BCUT2D eigenvalue weighted by atomic mass is 9.95. The summed E-state index contributed by atoms with van der Waals surface area (Å²) < 4.78 is 0. The average molecular weight is 367 g/mol. The summed E-state index contributed by atoms with van der Waals surface area (Å²) in [6, 6.07) is 18.2. The van der Waals surface area contributed by atoms with Crippen molar-refractivity contribution in [2.45, 2.75) is 32.2 Å². The SMILES string of the molecule is CC(CC(Cc1ccc(-c2ccccc2)cc1)NC=CCC(=O)O)C(=O)O. The average Bonchev–Trinajstić information content (AvgIpc) is 2.66. The second kappa shape index (κ2) is 10.2. The Morgan fingerprint density at radius 3 is 2.22 bits per heavy atom. The van der Waals surface area contributed by atoms with Gasteiger partial charge in [-0.3, -0.25) is 9.59 Å². The smallest absolute Gasteiger partial charge is 0.307 e. The Labute approximate surface area is 159 Å². The van der Waals surface area contributed by atoms with Crippen LogP contribution >= 0.6 is 0 Å². The van der Waals surface area contributed by atoms with Crippen molar-refractivity contribution in [3.8, 4) is 11.1 Å². The summed E-state index contributed by atoms with van der Waals surface area (Å²) in [5.41, 5.74) is 3.37. The third kappa shape index (κ3) is 6.98. The molecule has 142 valence electrons. The van der Waals surface area contributed by atoms with E-state index in [0.717, 1.165) is 16.7 Å². The van der Waals surface area contributed by atoms with Crippen molar-refractivity contribution < 1.29 is 19.8 Å². The third-order valence-corrected chi connectivity index (χ3v) is 4.35. The fourth-order valence-corrected chi connectivity index (χ4v) is 2.85. The van der Waals surface area contributed by atoms with Gasteiger partial charge in [0.2, 0.25) is 0 Å². The highest BCUT2D eigenvalue weighted by molar-refractivity contribution is 5.69. The Hall–Kier alpha value is -3.08. The van der Waals surface area contributed by atoms with Gasteiger partial charge in [0.25, 0.3) is 0 Å². The number of rotatable bonds is 10. The van der Waals surface area contributed by atoms with Crippen molar-refractivity contribution in [1.82, 2.24) is 5.32 Å². The molecule has 0 heterocycles. The summed E-state index contributed by atoms with van der Waals surface area (Å²) in [6.07, 6.45) is 4.17. The summed E-state index contributed by atoms with van der Waals surface area (Å²) in [4.78, 5) is 21.8. The Balaban J connectivity index is 2.05. The molecule has 0 bridgehead atoms. The molecule has 2 aromatic carbocycles. The molecule has 2 rings (SSSR count). The number of nitrogens with one attached hydrogen (secondary N) is 1. The molecule has 0 aliphatic carbocycles. The molecule has 2 atom stereocenters. The first-order valence-corrected chi connectivity index (χ1v) is 8.95. The van der Waals surface area contributed by atoms with Crippen LogP contribution in [-0.4, -0.2) is 28.2 Å². The van der Waals surface area contributed by atoms with E-state index in [1.165, 1.54) is 6.08 Å². The highest BCUT2D eigenvalue weighted by Gasteiger charge is 2.18. The molecule has 5 nitrogen and oxygen atoms in total. The van der Waals surface area contributed by atoms with Gasteiger partial charge in [0.15, 0.2) is 0 Å². The molecule has 0 saturated heterocycles. The van der Waals surface area contributed by atoms with Crippen molar-refractivity contribution in [2.24, 2.45) is 5.92 Å². The third-order valence-electron chi connectivity index (χ3n) is 4.35. The van der Waals surface area contributed by atoms with Crippen molar-refractivity contribution in [1.29, 1.82) is 0 Å². The zero-order valence-corrected chi connectivity index (χ0v) is 15.3. The lowest BCUT2D eigenvalue weighted by molar-refractivity contribution is -0.141. The van der Waals surface area contributed by atoms with Crippen molar-refractivity contribution in [2.75, 3.05) is 0 Å².